The van der Waals surface area contributed by atoms with Crippen LogP contribution in [0.25, 0.3) is 0 Å². The van der Waals surface area contributed by atoms with E-state index in [0.29, 0.717) is 17.3 Å². The van der Waals surface area contributed by atoms with Crippen LogP contribution in [-0.4, -0.2) is 49.4 Å². The molecular weight excluding hydrogens is 314 g/mol. The lowest BCUT2D eigenvalue weighted by Crippen LogP contribution is -2.46. The van der Waals surface area contributed by atoms with Gasteiger partial charge < -0.3 is 15.1 Å². The zero-order valence-electron chi connectivity index (χ0n) is 13.3. The van der Waals surface area contributed by atoms with Gasteiger partial charge in [-0.15, -0.1) is 0 Å². The Labute approximate surface area is 141 Å². The van der Waals surface area contributed by atoms with Gasteiger partial charge in [-0.2, -0.15) is 0 Å². The molecule has 0 radical (unpaired) electrons. The van der Waals surface area contributed by atoms with Gasteiger partial charge in [0.05, 0.1) is 16.6 Å². The molecule has 2 saturated heterocycles. The van der Waals surface area contributed by atoms with Crippen LogP contribution in [-0.2, 0) is 9.59 Å². The third-order valence-electron chi connectivity index (χ3n) is 4.82. The fourth-order valence-electron chi connectivity index (χ4n) is 3.44. The predicted molar refractivity (Wildman–Crippen MR) is 90.6 cm³/mol. The first-order chi connectivity index (χ1) is 11.1. The maximum atomic E-state index is 12.7. The van der Waals surface area contributed by atoms with E-state index in [0.717, 1.165) is 25.9 Å². The van der Waals surface area contributed by atoms with E-state index < -0.39 is 0 Å². The molecule has 2 heterocycles. The Hall–Kier alpha value is -1.59. The molecule has 0 aromatic heterocycles. The smallest absolute Gasteiger partial charge is 0.228 e. The Morgan fingerprint density at radius 3 is 2.70 bits per heavy atom. The first kappa shape index (κ1) is 16.3. The van der Waals surface area contributed by atoms with Crippen molar-refractivity contribution in [3.63, 3.8) is 0 Å². The number of benzene rings is 1. The van der Waals surface area contributed by atoms with Crippen molar-refractivity contribution in [2.45, 2.75) is 25.3 Å². The summed E-state index contributed by atoms with van der Waals surface area (Å²) in [7, 11) is 1.86. The lowest BCUT2D eigenvalue weighted by molar-refractivity contribution is -0.137. The van der Waals surface area contributed by atoms with Gasteiger partial charge in [0.15, 0.2) is 0 Å². The molecule has 0 saturated carbocycles. The van der Waals surface area contributed by atoms with Gasteiger partial charge in [-0.05, 0) is 38.1 Å². The fraction of sp³-hybridized carbons (Fsp3) is 0.529. The van der Waals surface area contributed by atoms with E-state index in [2.05, 4.69) is 5.32 Å². The molecule has 2 fully saturated rings. The lowest BCUT2D eigenvalue weighted by Gasteiger charge is -2.33. The minimum absolute atomic E-state index is 0.0323. The number of nitrogens with one attached hydrogen (secondary N) is 1. The third-order valence-corrected chi connectivity index (χ3v) is 5.14. The molecule has 2 aliphatic heterocycles. The number of rotatable bonds is 3. The molecule has 1 unspecified atom stereocenters. The van der Waals surface area contributed by atoms with E-state index in [1.54, 1.807) is 11.0 Å². The van der Waals surface area contributed by atoms with E-state index in [-0.39, 0.29) is 30.2 Å². The van der Waals surface area contributed by atoms with E-state index in [1.165, 1.54) is 0 Å². The molecule has 1 aromatic rings. The van der Waals surface area contributed by atoms with Gasteiger partial charge in [0.25, 0.3) is 0 Å². The maximum Gasteiger partial charge on any atom is 0.228 e. The molecule has 3 rings (SSSR count). The van der Waals surface area contributed by atoms with Gasteiger partial charge in [-0.1, -0.05) is 23.7 Å². The van der Waals surface area contributed by atoms with Crippen LogP contribution in [0.5, 0.6) is 0 Å². The highest BCUT2D eigenvalue weighted by atomic mass is 35.5. The number of carbonyl (C=O) groups excluding carboxylic acids is 2. The molecule has 1 atom stereocenters. The molecular formula is C17H22ClN3O2. The average molecular weight is 336 g/mol. The van der Waals surface area contributed by atoms with Gasteiger partial charge in [0, 0.05) is 26.1 Å². The largest absolute Gasteiger partial charge is 0.342 e. The van der Waals surface area contributed by atoms with Crippen LogP contribution in [0.15, 0.2) is 24.3 Å². The lowest BCUT2D eigenvalue weighted by atomic mass is 10.0. The van der Waals surface area contributed by atoms with Crippen LogP contribution in [0, 0.1) is 5.92 Å². The van der Waals surface area contributed by atoms with Crippen molar-refractivity contribution in [3.05, 3.63) is 29.3 Å². The van der Waals surface area contributed by atoms with E-state index in [9.17, 15) is 9.59 Å². The van der Waals surface area contributed by atoms with Crippen molar-refractivity contribution in [3.8, 4) is 0 Å². The summed E-state index contributed by atoms with van der Waals surface area (Å²) in [6.07, 6.45) is 2.20. The summed E-state index contributed by atoms with van der Waals surface area (Å²) in [5.74, 6) is -0.242. The molecule has 124 valence electrons. The number of hydrogen-bond donors (Lipinski definition) is 1. The molecule has 1 aromatic carbocycles. The predicted octanol–water partition coefficient (Wildman–Crippen LogP) is 1.90. The first-order valence-corrected chi connectivity index (χ1v) is 8.48. The molecule has 5 nitrogen and oxygen atoms in total. The van der Waals surface area contributed by atoms with Gasteiger partial charge in [-0.3, -0.25) is 9.59 Å². The Kier molecular flexibility index (Phi) is 4.87. The average Bonchev–Trinajstić information content (AvgIpc) is 2.96. The fourth-order valence-corrected chi connectivity index (χ4v) is 3.68. The van der Waals surface area contributed by atoms with E-state index in [4.69, 9.17) is 11.6 Å². The van der Waals surface area contributed by atoms with Gasteiger partial charge in [0.1, 0.15) is 0 Å². The van der Waals surface area contributed by atoms with Crippen molar-refractivity contribution in [1.82, 2.24) is 10.2 Å². The number of amides is 2. The molecule has 23 heavy (non-hydrogen) atoms. The molecule has 0 bridgehead atoms. The highest BCUT2D eigenvalue weighted by molar-refractivity contribution is 6.33. The SMILES string of the molecule is CN(C(=O)C1CC(=O)N(c2ccccc2Cl)C1)C1CCNCC1. The van der Waals surface area contributed by atoms with Gasteiger partial charge >= 0.3 is 0 Å². The van der Waals surface area contributed by atoms with Crippen LogP contribution < -0.4 is 10.2 Å². The summed E-state index contributed by atoms with van der Waals surface area (Å²) >= 11 is 6.18. The van der Waals surface area contributed by atoms with Crippen LogP contribution in [0.3, 0.4) is 0 Å². The summed E-state index contributed by atoms with van der Waals surface area (Å²) in [6.45, 7) is 2.30. The van der Waals surface area contributed by atoms with E-state index >= 15 is 0 Å². The Morgan fingerprint density at radius 2 is 2.00 bits per heavy atom. The number of anilines is 1. The minimum atomic E-state index is -0.279. The molecule has 2 aliphatic rings. The van der Waals surface area contributed by atoms with Crippen molar-refractivity contribution in [2.75, 3.05) is 31.6 Å². The Morgan fingerprint density at radius 1 is 1.30 bits per heavy atom. The normalized spacial score (nSPS) is 22.4. The van der Waals surface area contributed by atoms with Crippen LogP contribution in [0.4, 0.5) is 5.69 Å². The molecule has 2 amide bonds. The summed E-state index contributed by atoms with van der Waals surface area (Å²) in [6, 6.07) is 7.54. The second-order valence-electron chi connectivity index (χ2n) is 6.29. The molecule has 0 aliphatic carbocycles. The second-order valence-corrected chi connectivity index (χ2v) is 6.69. The zero-order chi connectivity index (χ0) is 16.4. The van der Waals surface area contributed by atoms with Crippen molar-refractivity contribution < 1.29 is 9.59 Å². The number of piperidine rings is 1. The maximum absolute atomic E-state index is 12.7. The number of hydrogen-bond acceptors (Lipinski definition) is 3. The van der Waals surface area contributed by atoms with Crippen molar-refractivity contribution >= 4 is 29.1 Å². The summed E-state index contributed by atoms with van der Waals surface area (Å²) < 4.78 is 0. The summed E-state index contributed by atoms with van der Waals surface area (Å²) in [4.78, 5) is 28.6. The van der Waals surface area contributed by atoms with Crippen LogP contribution in [0.2, 0.25) is 5.02 Å². The van der Waals surface area contributed by atoms with Crippen molar-refractivity contribution in [2.24, 2.45) is 5.92 Å². The van der Waals surface area contributed by atoms with Crippen molar-refractivity contribution in [1.29, 1.82) is 0 Å². The summed E-state index contributed by atoms with van der Waals surface area (Å²) in [5, 5.41) is 3.85. The van der Waals surface area contributed by atoms with Gasteiger partial charge in [0.2, 0.25) is 11.8 Å². The minimum Gasteiger partial charge on any atom is -0.342 e. The Bertz CT molecular complexity index is 601. The third kappa shape index (κ3) is 3.35. The number of halogens is 1. The monoisotopic (exact) mass is 335 g/mol. The quantitative estimate of drug-likeness (QED) is 0.918. The van der Waals surface area contributed by atoms with Crippen LogP contribution in [0.1, 0.15) is 19.3 Å². The number of para-hydroxylation sites is 1. The first-order valence-electron chi connectivity index (χ1n) is 8.10. The van der Waals surface area contributed by atoms with Gasteiger partial charge in [-0.25, -0.2) is 0 Å². The zero-order valence-corrected chi connectivity index (χ0v) is 14.1. The highest BCUT2D eigenvalue weighted by Crippen LogP contribution is 2.31. The molecule has 6 heteroatoms. The standard InChI is InChI=1S/C17H22ClN3O2/c1-20(13-6-8-19-9-7-13)17(23)12-10-16(22)21(11-12)15-5-3-2-4-14(15)18/h2-5,12-13,19H,6-11H2,1H3. The molecule has 1 N–H and O–H groups in total. The van der Waals surface area contributed by atoms with E-state index in [1.807, 2.05) is 30.1 Å². The highest BCUT2D eigenvalue weighted by Gasteiger charge is 2.38. The summed E-state index contributed by atoms with van der Waals surface area (Å²) in [5.41, 5.74) is 0.694. The number of nitrogens with zero attached hydrogens (tertiary/aromatic N) is 2. The van der Waals surface area contributed by atoms with Crippen LogP contribution >= 0.6 is 11.6 Å². The molecule has 0 spiro atoms. The number of carbonyl (C=O) groups is 2. The Balaban J connectivity index is 1.69. The second kappa shape index (κ2) is 6.89. The topological polar surface area (TPSA) is 52.7 Å².